The topological polar surface area (TPSA) is 87.5 Å². The molecule has 1 aliphatic heterocycles. The van der Waals surface area contributed by atoms with E-state index in [4.69, 9.17) is 21.5 Å². The second-order valence-electron chi connectivity index (χ2n) is 6.52. The lowest BCUT2D eigenvalue weighted by atomic mass is 10.1. The zero-order valence-electron chi connectivity index (χ0n) is 15.8. The van der Waals surface area contributed by atoms with Crippen LogP contribution in [0.25, 0.3) is 0 Å². The molecule has 1 amide bonds. The van der Waals surface area contributed by atoms with E-state index >= 15 is 0 Å². The van der Waals surface area contributed by atoms with Crippen molar-refractivity contribution in [3.63, 3.8) is 0 Å². The Morgan fingerprint density at radius 3 is 2.57 bits per heavy atom. The molecule has 0 spiro atoms. The van der Waals surface area contributed by atoms with Crippen LogP contribution >= 0.6 is 11.6 Å². The van der Waals surface area contributed by atoms with Gasteiger partial charge >= 0.3 is 12.1 Å². The molecule has 1 aromatic carbocycles. The number of nitrogens with zero attached hydrogens (tertiary/aromatic N) is 3. The van der Waals surface area contributed by atoms with Gasteiger partial charge in [0.05, 0.1) is 23.2 Å². The van der Waals surface area contributed by atoms with Gasteiger partial charge in [0.2, 0.25) is 5.91 Å². The third-order valence-electron chi connectivity index (χ3n) is 4.29. The molecule has 30 heavy (non-hydrogen) atoms. The number of nitrogens with one attached hydrogen (secondary N) is 1. The molecule has 2 N–H and O–H groups in total. The molecule has 1 atom stereocenters. The van der Waals surface area contributed by atoms with Gasteiger partial charge in [-0.1, -0.05) is 17.7 Å². The van der Waals surface area contributed by atoms with Gasteiger partial charge in [-0.3, -0.25) is 14.4 Å². The summed E-state index contributed by atoms with van der Waals surface area (Å²) in [6, 6.07) is 6.78. The zero-order valence-corrected chi connectivity index (χ0v) is 16.5. The van der Waals surface area contributed by atoms with E-state index in [2.05, 4.69) is 15.3 Å². The number of amides is 1. The van der Waals surface area contributed by atoms with E-state index in [1.54, 1.807) is 19.3 Å². The van der Waals surface area contributed by atoms with Crippen LogP contribution in [0.5, 0.6) is 0 Å². The second-order valence-corrected chi connectivity index (χ2v) is 6.93. The Morgan fingerprint density at radius 1 is 1.33 bits per heavy atom. The summed E-state index contributed by atoms with van der Waals surface area (Å²) in [5.41, 5.74) is 1.91. The molecule has 0 bridgehead atoms. The molecule has 1 aromatic heterocycles. The maximum atomic E-state index is 13.6. The standard InChI is InChI=1S/C16H18ClFN4O.C2HF3O2/c1-19-16(23)7-13-10-21(9-12-4-5-20-22(12)13)8-11-2-3-14(17)15(18)6-11;3-2(4,5)1(6)7/h2-6,13H,7-10H2,1H3,(H,19,23);(H,6,7). The summed E-state index contributed by atoms with van der Waals surface area (Å²) in [6.07, 6.45) is -2.96. The summed E-state index contributed by atoms with van der Waals surface area (Å²) in [5.74, 6) is -3.18. The summed E-state index contributed by atoms with van der Waals surface area (Å²) in [6.45, 7) is 2.00. The summed E-state index contributed by atoms with van der Waals surface area (Å²) < 4.78 is 47.2. The number of carbonyl (C=O) groups is 2. The van der Waals surface area contributed by atoms with Gasteiger partial charge < -0.3 is 10.4 Å². The summed E-state index contributed by atoms with van der Waals surface area (Å²) in [7, 11) is 1.63. The molecular formula is C18H19ClF4N4O3. The van der Waals surface area contributed by atoms with Gasteiger partial charge in [0.1, 0.15) is 5.82 Å². The Labute approximate surface area is 174 Å². The zero-order chi connectivity index (χ0) is 22.5. The van der Waals surface area contributed by atoms with Crippen LogP contribution in [0.4, 0.5) is 17.6 Å². The van der Waals surface area contributed by atoms with Gasteiger partial charge in [-0.15, -0.1) is 0 Å². The molecule has 2 heterocycles. The highest BCUT2D eigenvalue weighted by Crippen LogP contribution is 2.25. The van der Waals surface area contributed by atoms with Crippen molar-refractivity contribution < 1.29 is 32.3 Å². The van der Waals surface area contributed by atoms with Crippen molar-refractivity contribution in [2.75, 3.05) is 13.6 Å². The maximum absolute atomic E-state index is 13.6. The summed E-state index contributed by atoms with van der Waals surface area (Å²) in [5, 5.41) is 14.2. The highest BCUT2D eigenvalue weighted by atomic mass is 35.5. The largest absolute Gasteiger partial charge is 0.490 e. The first-order chi connectivity index (χ1) is 14.0. The number of carboxylic acid groups (broad SMARTS) is 1. The van der Waals surface area contributed by atoms with Crippen LogP contribution in [0, 0.1) is 5.82 Å². The molecule has 0 aliphatic carbocycles. The molecule has 0 saturated heterocycles. The van der Waals surface area contributed by atoms with Gasteiger partial charge in [0.15, 0.2) is 0 Å². The van der Waals surface area contributed by atoms with Gasteiger partial charge in [0.25, 0.3) is 0 Å². The summed E-state index contributed by atoms with van der Waals surface area (Å²) in [4.78, 5) is 22.8. The van der Waals surface area contributed by atoms with E-state index < -0.39 is 18.0 Å². The normalized spacial score (nSPS) is 16.3. The van der Waals surface area contributed by atoms with Crippen LogP contribution < -0.4 is 5.32 Å². The number of carbonyl (C=O) groups excluding carboxylic acids is 1. The molecule has 1 unspecified atom stereocenters. The Hall–Kier alpha value is -2.66. The second kappa shape index (κ2) is 9.90. The molecular weight excluding hydrogens is 432 g/mol. The van der Waals surface area contributed by atoms with Crippen LogP contribution in [0.2, 0.25) is 5.02 Å². The van der Waals surface area contributed by atoms with Crippen molar-refractivity contribution >= 4 is 23.5 Å². The Morgan fingerprint density at radius 2 is 2.00 bits per heavy atom. The van der Waals surface area contributed by atoms with Crippen LogP contribution in [0.1, 0.15) is 23.7 Å². The third kappa shape index (κ3) is 6.42. The Balaban J connectivity index is 0.000000396. The fraction of sp³-hybridized carbons (Fsp3) is 0.389. The van der Waals surface area contributed by atoms with E-state index in [0.29, 0.717) is 26.1 Å². The predicted molar refractivity (Wildman–Crippen MR) is 99.2 cm³/mol. The average molecular weight is 451 g/mol. The van der Waals surface area contributed by atoms with E-state index in [1.807, 2.05) is 16.8 Å². The molecule has 0 radical (unpaired) electrons. The number of benzene rings is 1. The van der Waals surface area contributed by atoms with Crippen molar-refractivity contribution in [3.8, 4) is 0 Å². The lowest BCUT2D eigenvalue weighted by Crippen LogP contribution is -2.39. The molecule has 12 heteroatoms. The minimum atomic E-state index is -5.08. The number of fused-ring (bicyclic) bond motifs is 1. The third-order valence-corrected chi connectivity index (χ3v) is 4.59. The van der Waals surface area contributed by atoms with Gasteiger partial charge in [-0.05, 0) is 23.8 Å². The molecule has 164 valence electrons. The first-order valence-corrected chi connectivity index (χ1v) is 9.08. The van der Waals surface area contributed by atoms with Crippen molar-refractivity contribution in [2.24, 2.45) is 0 Å². The number of halogens is 5. The van der Waals surface area contributed by atoms with E-state index in [9.17, 15) is 22.4 Å². The quantitative estimate of drug-likeness (QED) is 0.699. The summed E-state index contributed by atoms with van der Waals surface area (Å²) >= 11 is 5.73. The monoisotopic (exact) mass is 450 g/mol. The SMILES string of the molecule is CNC(=O)CC1CN(Cc2ccc(Cl)c(F)c2)Cc2ccnn21.O=C(O)C(F)(F)F. The van der Waals surface area contributed by atoms with Crippen molar-refractivity contribution in [1.82, 2.24) is 20.0 Å². The van der Waals surface area contributed by atoms with Crippen LogP contribution in [0.15, 0.2) is 30.5 Å². The van der Waals surface area contributed by atoms with E-state index in [1.165, 1.54) is 6.07 Å². The fourth-order valence-corrected chi connectivity index (χ4v) is 3.07. The van der Waals surface area contributed by atoms with E-state index in [-0.39, 0.29) is 17.0 Å². The van der Waals surface area contributed by atoms with Gasteiger partial charge in [-0.25, -0.2) is 9.18 Å². The first-order valence-electron chi connectivity index (χ1n) is 8.70. The molecule has 1 aliphatic rings. The highest BCUT2D eigenvalue weighted by molar-refractivity contribution is 6.30. The smallest absolute Gasteiger partial charge is 0.475 e. The lowest BCUT2D eigenvalue weighted by molar-refractivity contribution is -0.192. The van der Waals surface area contributed by atoms with E-state index in [0.717, 1.165) is 11.3 Å². The number of hydrogen-bond donors (Lipinski definition) is 2. The average Bonchev–Trinajstić information content (AvgIpc) is 3.13. The molecule has 3 rings (SSSR count). The molecule has 0 saturated carbocycles. The van der Waals surface area contributed by atoms with Crippen LogP contribution in [-0.4, -0.2) is 51.4 Å². The maximum Gasteiger partial charge on any atom is 0.490 e. The molecule has 2 aromatic rings. The van der Waals surface area contributed by atoms with Crippen LogP contribution in [0.3, 0.4) is 0 Å². The Bertz CT molecular complexity index is 904. The highest BCUT2D eigenvalue weighted by Gasteiger charge is 2.38. The number of alkyl halides is 3. The minimum Gasteiger partial charge on any atom is -0.475 e. The fourth-order valence-electron chi connectivity index (χ4n) is 2.95. The lowest BCUT2D eigenvalue weighted by Gasteiger charge is -2.33. The van der Waals surface area contributed by atoms with Gasteiger partial charge in [-0.2, -0.15) is 18.3 Å². The van der Waals surface area contributed by atoms with Gasteiger partial charge in [0, 0.05) is 32.9 Å². The first kappa shape index (κ1) is 23.6. The molecule has 7 nitrogen and oxygen atoms in total. The van der Waals surface area contributed by atoms with Crippen LogP contribution in [-0.2, 0) is 22.7 Å². The van der Waals surface area contributed by atoms with Crippen molar-refractivity contribution in [3.05, 3.63) is 52.6 Å². The number of aromatic nitrogens is 2. The predicted octanol–water partition coefficient (Wildman–Crippen LogP) is 3.00. The Kier molecular flexibility index (Phi) is 7.79. The number of hydrogen-bond acceptors (Lipinski definition) is 4. The minimum absolute atomic E-state index is 0.0177. The van der Waals surface area contributed by atoms with Crippen molar-refractivity contribution in [2.45, 2.75) is 31.7 Å². The number of carboxylic acids is 1. The number of rotatable bonds is 4. The molecule has 0 fully saturated rings. The van der Waals surface area contributed by atoms with Crippen molar-refractivity contribution in [1.29, 1.82) is 0 Å². The number of aliphatic carboxylic acids is 1.